The van der Waals surface area contributed by atoms with Gasteiger partial charge in [-0.25, -0.2) is 0 Å². The van der Waals surface area contributed by atoms with E-state index in [0.717, 1.165) is 0 Å². The van der Waals surface area contributed by atoms with E-state index in [1.807, 2.05) is 0 Å². The van der Waals surface area contributed by atoms with E-state index in [9.17, 15) is 12.6 Å². The molecule has 0 amide bonds. The van der Waals surface area contributed by atoms with Gasteiger partial charge >= 0.3 is 0 Å². The maximum atomic E-state index is 12.8. The van der Waals surface area contributed by atoms with Gasteiger partial charge in [0.05, 0.1) is 32.8 Å². The standard InChI is InChI=1S/C18H15ClN4O4S2/c19-12-5-6-16(28(24)10-13-9-17(20)22-21-13)14(8-12)23-29(25,26)18-7-11-3-1-2-4-15(11)27-18/h1-9,23H,10H2,(H3,20,21,22). The van der Waals surface area contributed by atoms with Crippen LogP contribution in [0.3, 0.4) is 0 Å². The van der Waals surface area contributed by atoms with Crippen LogP contribution in [0.5, 0.6) is 0 Å². The number of hydrogen-bond donors (Lipinski definition) is 3. The van der Waals surface area contributed by atoms with Crippen molar-refractivity contribution in [3.63, 3.8) is 0 Å². The predicted molar refractivity (Wildman–Crippen MR) is 112 cm³/mol. The lowest BCUT2D eigenvalue weighted by atomic mass is 10.3. The summed E-state index contributed by atoms with van der Waals surface area (Å²) in [6.45, 7) is 0. The second-order valence-electron chi connectivity index (χ2n) is 6.16. The van der Waals surface area contributed by atoms with Crippen LogP contribution in [0.25, 0.3) is 11.0 Å². The second-order valence-corrected chi connectivity index (χ2v) is 9.63. The summed E-state index contributed by atoms with van der Waals surface area (Å²) in [7, 11) is -5.66. The summed E-state index contributed by atoms with van der Waals surface area (Å²) in [5.41, 5.74) is 6.66. The molecule has 8 nitrogen and oxygen atoms in total. The third-order valence-corrected chi connectivity index (χ3v) is 6.91. The van der Waals surface area contributed by atoms with Crippen LogP contribution in [0.1, 0.15) is 5.69 Å². The van der Waals surface area contributed by atoms with Crippen molar-refractivity contribution in [1.82, 2.24) is 10.2 Å². The van der Waals surface area contributed by atoms with Crippen LogP contribution < -0.4 is 10.5 Å². The Morgan fingerprint density at radius 2 is 1.97 bits per heavy atom. The Bertz CT molecular complexity index is 1300. The lowest BCUT2D eigenvalue weighted by Crippen LogP contribution is -2.14. The Morgan fingerprint density at radius 3 is 2.69 bits per heavy atom. The molecule has 0 saturated carbocycles. The first-order valence-corrected chi connectivity index (χ1v) is 11.5. The minimum Gasteiger partial charge on any atom is -0.443 e. The van der Waals surface area contributed by atoms with Crippen LogP contribution in [0.2, 0.25) is 5.02 Å². The molecule has 2 aromatic carbocycles. The monoisotopic (exact) mass is 450 g/mol. The first kappa shape index (κ1) is 19.5. The number of para-hydroxylation sites is 1. The summed E-state index contributed by atoms with van der Waals surface area (Å²) in [5.74, 6) is 0.351. The Balaban J connectivity index is 1.67. The molecule has 4 N–H and O–H groups in total. The molecule has 29 heavy (non-hydrogen) atoms. The molecule has 1 atom stereocenters. The summed E-state index contributed by atoms with van der Waals surface area (Å²) in [6.07, 6.45) is 0. The third-order valence-electron chi connectivity index (χ3n) is 4.04. The maximum Gasteiger partial charge on any atom is 0.295 e. The van der Waals surface area contributed by atoms with Gasteiger partial charge in [-0.05, 0) is 24.3 Å². The van der Waals surface area contributed by atoms with Gasteiger partial charge in [-0.15, -0.1) is 0 Å². The highest BCUT2D eigenvalue weighted by atomic mass is 35.5. The normalized spacial score (nSPS) is 12.9. The van der Waals surface area contributed by atoms with Crippen molar-refractivity contribution in [2.24, 2.45) is 0 Å². The Labute approximate surface area is 173 Å². The largest absolute Gasteiger partial charge is 0.443 e. The molecule has 0 radical (unpaired) electrons. The van der Waals surface area contributed by atoms with Gasteiger partial charge in [-0.2, -0.15) is 13.5 Å². The number of aromatic nitrogens is 2. The number of nitrogens with zero attached hydrogens (tertiary/aromatic N) is 1. The van der Waals surface area contributed by atoms with Crippen LogP contribution in [0, 0.1) is 0 Å². The van der Waals surface area contributed by atoms with Crippen molar-refractivity contribution < 1.29 is 17.0 Å². The van der Waals surface area contributed by atoms with Crippen LogP contribution in [0.4, 0.5) is 11.5 Å². The summed E-state index contributed by atoms with van der Waals surface area (Å²) in [4.78, 5) is 0.266. The molecule has 0 aliphatic heterocycles. The van der Waals surface area contributed by atoms with E-state index in [-0.39, 0.29) is 27.2 Å². The molecule has 2 aromatic heterocycles. The zero-order valence-electron chi connectivity index (χ0n) is 14.8. The van der Waals surface area contributed by atoms with Gasteiger partial charge in [0, 0.05) is 22.5 Å². The van der Waals surface area contributed by atoms with E-state index in [1.165, 1.54) is 24.3 Å². The summed E-state index contributed by atoms with van der Waals surface area (Å²) in [5, 5.41) is 7.16. The fraction of sp³-hybridized carbons (Fsp3) is 0.0556. The average molecular weight is 451 g/mol. The van der Waals surface area contributed by atoms with Crippen molar-refractivity contribution in [3.8, 4) is 0 Å². The number of nitrogens with one attached hydrogen (secondary N) is 2. The molecule has 0 aliphatic rings. The van der Waals surface area contributed by atoms with Gasteiger partial charge in [0.2, 0.25) is 5.09 Å². The van der Waals surface area contributed by atoms with Crippen molar-refractivity contribution in [1.29, 1.82) is 0 Å². The zero-order chi connectivity index (χ0) is 20.6. The molecule has 0 saturated heterocycles. The minimum atomic E-state index is -4.07. The number of H-pyrrole nitrogens is 1. The number of fused-ring (bicyclic) bond motifs is 1. The highest BCUT2D eigenvalue weighted by molar-refractivity contribution is 7.92. The van der Waals surface area contributed by atoms with Gasteiger partial charge in [0.15, 0.2) is 0 Å². The zero-order valence-corrected chi connectivity index (χ0v) is 17.1. The Kier molecular flexibility index (Phi) is 5.07. The van der Waals surface area contributed by atoms with E-state index in [2.05, 4.69) is 14.9 Å². The third kappa shape index (κ3) is 4.14. The highest BCUT2D eigenvalue weighted by Crippen LogP contribution is 2.29. The first-order valence-electron chi connectivity index (χ1n) is 8.31. The predicted octanol–water partition coefficient (Wildman–Crippen LogP) is 3.50. The molecule has 0 bridgehead atoms. The van der Waals surface area contributed by atoms with Gasteiger partial charge in [0.1, 0.15) is 11.4 Å². The number of nitrogens with two attached hydrogens (primary N) is 1. The fourth-order valence-electron chi connectivity index (χ4n) is 2.74. The van der Waals surface area contributed by atoms with Crippen molar-refractivity contribution in [2.75, 3.05) is 10.5 Å². The Hall–Kier alpha value is -2.82. The van der Waals surface area contributed by atoms with Gasteiger partial charge in [-0.3, -0.25) is 14.0 Å². The topological polar surface area (TPSA) is 131 Å². The van der Waals surface area contributed by atoms with E-state index in [0.29, 0.717) is 21.7 Å². The Morgan fingerprint density at radius 1 is 1.17 bits per heavy atom. The molecule has 0 aliphatic carbocycles. The highest BCUT2D eigenvalue weighted by Gasteiger charge is 2.23. The van der Waals surface area contributed by atoms with E-state index < -0.39 is 20.8 Å². The van der Waals surface area contributed by atoms with Crippen molar-refractivity contribution in [2.45, 2.75) is 15.7 Å². The second kappa shape index (κ2) is 7.54. The van der Waals surface area contributed by atoms with Gasteiger partial charge in [-0.1, -0.05) is 29.8 Å². The molecule has 4 rings (SSSR count). The number of rotatable bonds is 6. The SMILES string of the molecule is Nc1cc(CS(=O)c2ccc(Cl)cc2NS(=O)(=O)c2cc3ccccc3o2)[nH]n1. The van der Waals surface area contributed by atoms with Crippen molar-refractivity contribution in [3.05, 3.63) is 65.3 Å². The molecule has 0 fully saturated rings. The van der Waals surface area contributed by atoms with E-state index in [4.69, 9.17) is 21.8 Å². The van der Waals surface area contributed by atoms with Crippen LogP contribution in [-0.2, 0) is 26.6 Å². The molecule has 0 spiro atoms. The average Bonchev–Trinajstić information content (AvgIpc) is 3.28. The quantitative estimate of drug-likeness (QED) is 0.412. The number of sulfonamides is 1. The lowest BCUT2D eigenvalue weighted by Gasteiger charge is -2.11. The van der Waals surface area contributed by atoms with Gasteiger partial charge < -0.3 is 10.2 Å². The van der Waals surface area contributed by atoms with Crippen LogP contribution in [-0.4, -0.2) is 22.8 Å². The number of benzene rings is 2. The number of halogens is 1. The van der Waals surface area contributed by atoms with E-state index in [1.54, 1.807) is 30.3 Å². The van der Waals surface area contributed by atoms with Crippen molar-refractivity contribution >= 4 is 54.9 Å². The molecule has 1 unspecified atom stereocenters. The molecular weight excluding hydrogens is 436 g/mol. The lowest BCUT2D eigenvalue weighted by molar-refractivity contribution is 0.484. The minimum absolute atomic E-state index is 0.0746. The molecule has 11 heteroatoms. The molecule has 150 valence electrons. The summed E-state index contributed by atoms with van der Waals surface area (Å²) in [6, 6.07) is 14.4. The molecular formula is C18H15ClN4O4S2. The van der Waals surface area contributed by atoms with Crippen LogP contribution in [0.15, 0.2) is 69.0 Å². The number of anilines is 2. The molecule has 4 aromatic rings. The van der Waals surface area contributed by atoms with E-state index >= 15 is 0 Å². The number of aromatic amines is 1. The smallest absolute Gasteiger partial charge is 0.295 e. The molecule has 2 heterocycles. The summed E-state index contributed by atoms with van der Waals surface area (Å²) >= 11 is 6.03. The van der Waals surface area contributed by atoms with Crippen LogP contribution >= 0.6 is 11.6 Å². The number of nitrogen functional groups attached to an aromatic ring is 1. The maximum absolute atomic E-state index is 12.8. The number of hydrogen-bond acceptors (Lipinski definition) is 6. The fourth-order valence-corrected chi connectivity index (χ4v) is 5.18. The number of furan rings is 1. The summed E-state index contributed by atoms with van der Waals surface area (Å²) < 4.78 is 46.4. The first-order chi connectivity index (χ1) is 13.8. The van der Waals surface area contributed by atoms with Gasteiger partial charge in [0.25, 0.3) is 10.0 Å².